The van der Waals surface area contributed by atoms with Gasteiger partial charge in [0, 0.05) is 32.6 Å². The standard InChI is InChI=1S/C14H19Cl2N3O/c15-11-3-1-4-12(14(11)16)19-9-7-18(8-10-19)6-2-5-13(17)20/h1,3-4H,2,5-10H2,(H2,17,20). The molecule has 1 aromatic carbocycles. The van der Waals surface area contributed by atoms with Gasteiger partial charge in [-0.25, -0.2) is 0 Å². The van der Waals surface area contributed by atoms with Crippen LogP contribution in [0.2, 0.25) is 10.0 Å². The number of halogens is 2. The molecule has 110 valence electrons. The van der Waals surface area contributed by atoms with Gasteiger partial charge in [0.15, 0.2) is 0 Å². The van der Waals surface area contributed by atoms with Crippen molar-refractivity contribution in [3.8, 4) is 0 Å². The summed E-state index contributed by atoms with van der Waals surface area (Å²) in [6.07, 6.45) is 1.29. The monoisotopic (exact) mass is 315 g/mol. The zero-order valence-electron chi connectivity index (χ0n) is 11.3. The van der Waals surface area contributed by atoms with Crippen molar-refractivity contribution in [2.75, 3.05) is 37.6 Å². The Kier molecular flexibility index (Phi) is 5.52. The van der Waals surface area contributed by atoms with Crippen LogP contribution in [0.4, 0.5) is 5.69 Å². The lowest BCUT2D eigenvalue weighted by Gasteiger charge is -2.36. The van der Waals surface area contributed by atoms with Gasteiger partial charge in [0.1, 0.15) is 0 Å². The van der Waals surface area contributed by atoms with E-state index in [1.807, 2.05) is 12.1 Å². The molecule has 0 spiro atoms. The Morgan fingerprint density at radius 2 is 1.90 bits per heavy atom. The Bertz CT molecular complexity index is 473. The SMILES string of the molecule is NC(=O)CCCN1CCN(c2cccc(Cl)c2Cl)CC1. The van der Waals surface area contributed by atoms with Crippen molar-refractivity contribution in [1.29, 1.82) is 0 Å². The molecule has 1 fully saturated rings. The normalized spacial score (nSPS) is 16.4. The summed E-state index contributed by atoms with van der Waals surface area (Å²) in [5.41, 5.74) is 6.14. The Hall–Kier alpha value is -0.970. The van der Waals surface area contributed by atoms with Gasteiger partial charge in [0.25, 0.3) is 0 Å². The highest BCUT2D eigenvalue weighted by molar-refractivity contribution is 6.43. The third kappa shape index (κ3) is 4.01. The maximum atomic E-state index is 10.7. The molecule has 1 aliphatic rings. The number of anilines is 1. The lowest BCUT2D eigenvalue weighted by atomic mass is 10.2. The molecule has 0 radical (unpaired) electrons. The first-order chi connectivity index (χ1) is 9.58. The second kappa shape index (κ2) is 7.16. The molecule has 1 heterocycles. The topological polar surface area (TPSA) is 49.6 Å². The van der Waals surface area contributed by atoms with Crippen LogP contribution in [0.1, 0.15) is 12.8 Å². The average molecular weight is 316 g/mol. The molecule has 1 saturated heterocycles. The molecule has 4 nitrogen and oxygen atoms in total. The number of nitrogens with zero attached hydrogens (tertiary/aromatic N) is 2. The Labute approximate surface area is 129 Å². The van der Waals surface area contributed by atoms with E-state index in [0.717, 1.165) is 44.8 Å². The first-order valence-electron chi connectivity index (χ1n) is 6.77. The van der Waals surface area contributed by atoms with Crippen molar-refractivity contribution in [2.24, 2.45) is 5.73 Å². The minimum atomic E-state index is -0.227. The first-order valence-corrected chi connectivity index (χ1v) is 7.53. The average Bonchev–Trinajstić information content (AvgIpc) is 2.42. The predicted octanol–water partition coefficient (Wildman–Crippen LogP) is 2.38. The maximum Gasteiger partial charge on any atom is 0.217 e. The molecule has 0 saturated carbocycles. The van der Waals surface area contributed by atoms with E-state index >= 15 is 0 Å². The molecule has 1 aliphatic heterocycles. The van der Waals surface area contributed by atoms with Gasteiger partial charge >= 0.3 is 0 Å². The highest BCUT2D eigenvalue weighted by atomic mass is 35.5. The number of benzene rings is 1. The van der Waals surface area contributed by atoms with Gasteiger partial charge in [-0.05, 0) is 25.1 Å². The number of hydrogen-bond acceptors (Lipinski definition) is 3. The number of amides is 1. The Morgan fingerprint density at radius 3 is 2.55 bits per heavy atom. The lowest BCUT2D eigenvalue weighted by molar-refractivity contribution is -0.118. The molecular formula is C14H19Cl2N3O. The van der Waals surface area contributed by atoms with E-state index in [1.54, 1.807) is 6.07 Å². The van der Waals surface area contributed by atoms with Crippen molar-refractivity contribution in [1.82, 2.24) is 4.90 Å². The minimum absolute atomic E-state index is 0.227. The van der Waals surface area contributed by atoms with Gasteiger partial charge in [0.2, 0.25) is 5.91 Å². The van der Waals surface area contributed by atoms with Gasteiger partial charge in [-0.1, -0.05) is 29.3 Å². The van der Waals surface area contributed by atoms with E-state index in [0.29, 0.717) is 16.5 Å². The zero-order valence-corrected chi connectivity index (χ0v) is 12.8. The molecule has 0 atom stereocenters. The van der Waals surface area contributed by atoms with Crippen LogP contribution in [0.25, 0.3) is 0 Å². The number of piperazine rings is 1. The summed E-state index contributed by atoms with van der Waals surface area (Å²) in [6.45, 7) is 4.66. The highest BCUT2D eigenvalue weighted by Gasteiger charge is 2.19. The van der Waals surface area contributed by atoms with E-state index in [1.165, 1.54) is 0 Å². The maximum absolute atomic E-state index is 10.7. The molecule has 0 bridgehead atoms. The quantitative estimate of drug-likeness (QED) is 0.907. The largest absolute Gasteiger partial charge is 0.370 e. The lowest BCUT2D eigenvalue weighted by Crippen LogP contribution is -2.46. The third-order valence-corrected chi connectivity index (χ3v) is 4.35. The van der Waals surface area contributed by atoms with Crippen LogP contribution in [0.3, 0.4) is 0 Å². The van der Waals surface area contributed by atoms with Gasteiger partial charge < -0.3 is 10.6 Å². The summed E-state index contributed by atoms with van der Waals surface area (Å²) in [5, 5.41) is 1.21. The van der Waals surface area contributed by atoms with Crippen molar-refractivity contribution in [3.05, 3.63) is 28.2 Å². The summed E-state index contributed by atoms with van der Waals surface area (Å²) in [6, 6.07) is 5.72. The van der Waals surface area contributed by atoms with Crippen molar-refractivity contribution < 1.29 is 4.79 Å². The van der Waals surface area contributed by atoms with Crippen molar-refractivity contribution in [3.63, 3.8) is 0 Å². The fourth-order valence-electron chi connectivity index (χ4n) is 2.43. The van der Waals surface area contributed by atoms with Crippen LogP contribution in [0.5, 0.6) is 0 Å². The molecule has 20 heavy (non-hydrogen) atoms. The molecule has 1 aromatic rings. The fourth-order valence-corrected chi connectivity index (χ4v) is 2.84. The number of hydrogen-bond donors (Lipinski definition) is 1. The van der Waals surface area contributed by atoms with Crippen LogP contribution in [0.15, 0.2) is 18.2 Å². The van der Waals surface area contributed by atoms with Gasteiger partial charge in [-0.15, -0.1) is 0 Å². The highest BCUT2D eigenvalue weighted by Crippen LogP contribution is 2.32. The predicted molar refractivity (Wildman–Crippen MR) is 83.5 cm³/mol. The molecule has 2 rings (SSSR count). The van der Waals surface area contributed by atoms with Crippen LogP contribution in [-0.4, -0.2) is 43.5 Å². The van der Waals surface area contributed by atoms with Crippen LogP contribution < -0.4 is 10.6 Å². The first kappa shape index (κ1) is 15.4. The van der Waals surface area contributed by atoms with E-state index in [4.69, 9.17) is 28.9 Å². The number of primary amides is 1. The minimum Gasteiger partial charge on any atom is -0.370 e. The zero-order chi connectivity index (χ0) is 14.5. The number of carbonyl (C=O) groups is 1. The molecule has 6 heteroatoms. The van der Waals surface area contributed by atoms with Gasteiger partial charge in [0.05, 0.1) is 15.7 Å². The van der Waals surface area contributed by atoms with Crippen LogP contribution in [0, 0.1) is 0 Å². The third-order valence-electron chi connectivity index (χ3n) is 3.54. The molecule has 0 aliphatic carbocycles. The Balaban J connectivity index is 1.85. The number of carbonyl (C=O) groups excluding carboxylic acids is 1. The van der Waals surface area contributed by atoms with Crippen molar-refractivity contribution >= 4 is 34.8 Å². The molecule has 0 aromatic heterocycles. The molecular weight excluding hydrogens is 297 g/mol. The molecule has 0 unspecified atom stereocenters. The smallest absolute Gasteiger partial charge is 0.217 e. The van der Waals surface area contributed by atoms with Gasteiger partial charge in [-0.2, -0.15) is 0 Å². The van der Waals surface area contributed by atoms with Crippen LogP contribution >= 0.6 is 23.2 Å². The summed E-state index contributed by atoms with van der Waals surface area (Å²) in [7, 11) is 0. The van der Waals surface area contributed by atoms with E-state index in [9.17, 15) is 4.79 Å². The molecule has 1 amide bonds. The van der Waals surface area contributed by atoms with Crippen molar-refractivity contribution in [2.45, 2.75) is 12.8 Å². The summed E-state index contributed by atoms with van der Waals surface area (Å²) < 4.78 is 0. The Morgan fingerprint density at radius 1 is 1.20 bits per heavy atom. The number of rotatable bonds is 5. The summed E-state index contributed by atoms with van der Waals surface area (Å²) in [4.78, 5) is 15.3. The second-order valence-electron chi connectivity index (χ2n) is 4.97. The van der Waals surface area contributed by atoms with E-state index in [-0.39, 0.29) is 5.91 Å². The van der Waals surface area contributed by atoms with E-state index in [2.05, 4.69) is 9.80 Å². The molecule has 2 N–H and O–H groups in total. The van der Waals surface area contributed by atoms with Crippen LogP contribution in [-0.2, 0) is 4.79 Å². The number of nitrogens with two attached hydrogens (primary N) is 1. The fraction of sp³-hybridized carbons (Fsp3) is 0.500. The van der Waals surface area contributed by atoms with E-state index < -0.39 is 0 Å². The second-order valence-corrected chi connectivity index (χ2v) is 5.76. The van der Waals surface area contributed by atoms with Gasteiger partial charge in [-0.3, -0.25) is 9.69 Å². The summed E-state index contributed by atoms with van der Waals surface area (Å²) >= 11 is 12.3. The summed E-state index contributed by atoms with van der Waals surface area (Å²) in [5.74, 6) is -0.227.